The molecule has 1 heterocycles. The van der Waals surface area contributed by atoms with Crippen molar-refractivity contribution in [2.75, 3.05) is 32.4 Å². The average Bonchev–Trinajstić information content (AvgIpc) is 2.43. The molecule has 1 saturated heterocycles. The highest BCUT2D eigenvalue weighted by molar-refractivity contribution is 5.95. The van der Waals surface area contributed by atoms with E-state index in [1.165, 1.54) is 4.90 Å². The van der Waals surface area contributed by atoms with E-state index in [-0.39, 0.29) is 11.7 Å². The van der Waals surface area contributed by atoms with Gasteiger partial charge in [0.1, 0.15) is 11.4 Å². The normalized spacial score (nSPS) is 20.2. The molecule has 1 aromatic carbocycles. The predicted octanol–water partition coefficient (Wildman–Crippen LogP) is 1.71. The third kappa shape index (κ3) is 2.60. The number of piperazine rings is 1. The highest BCUT2D eigenvalue weighted by atomic mass is 19.1. The topological polar surface area (TPSA) is 49.6 Å². The lowest BCUT2D eigenvalue weighted by atomic mass is 10.1. The summed E-state index contributed by atoms with van der Waals surface area (Å²) in [6.45, 7) is 3.64. The Morgan fingerprint density at radius 1 is 1.40 bits per heavy atom. The number of rotatable bonds is 2. The second kappa shape index (κ2) is 5.75. The van der Waals surface area contributed by atoms with E-state index in [9.17, 15) is 13.6 Å². The van der Waals surface area contributed by atoms with Gasteiger partial charge in [0.15, 0.2) is 5.82 Å². The van der Waals surface area contributed by atoms with Crippen LogP contribution in [0.25, 0.3) is 0 Å². The van der Waals surface area contributed by atoms with Gasteiger partial charge in [-0.1, -0.05) is 6.92 Å². The van der Waals surface area contributed by atoms with Crippen molar-refractivity contribution in [2.24, 2.45) is 0 Å². The van der Waals surface area contributed by atoms with E-state index < -0.39 is 23.1 Å². The molecule has 1 aliphatic rings. The van der Waals surface area contributed by atoms with Gasteiger partial charge < -0.3 is 10.6 Å². The summed E-state index contributed by atoms with van der Waals surface area (Å²) >= 11 is 0. The highest BCUT2D eigenvalue weighted by Gasteiger charge is 2.30. The van der Waals surface area contributed by atoms with Crippen LogP contribution in [0.1, 0.15) is 23.7 Å². The summed E-state index contributed by atoms with van der Waals surface area (Å²) in [5, 5.41) is 0. The molecule has 20 heavy (non-hydrogen) atoms. The molecular weight excluding hydrogens is 264 g/mol. The number of nitrogen functional groups attached to an aromatic ring is 1. The summed E-state index contributed by atoms with van der Waals surface area (Å²) in [6.07, 6.45) is 0.877. The summed E-state index contributed by atoms with van der Waals surface area (Å²) in [5.41, 5.74) is 4.65. The number of hydrogen-bond donors (Lipinski definition) is 1. The van der Waals surface area contributed by atoms with Crippen molar-refractivity contribution in [2.45, 2.75) is 19.4 Å². The second-order valence-corrected chi connectivity index (χ2v) is 5.12. The second-order valence-electron chi connectivity index (χ2n) is 5.12. The van der Waals surface area contributed by atoms with Crippen LogP contribution in [0, 0.1) is 11.6 Å². The van der Waals surface area contributed by atoms with Crippen molar-refractivity contribution < 1.29 is 13.6 Å². The third-order valence-corrected chi connectivity index (χ3v) is 3.87. The Hall–Kier alpha value is -1.69. The number of amides is 1. The highest BCUT2D eigenvalue weighted by Crippen LogP contribution is 2.22. The number of nitrogens with two attached hydrogens (primary N) is 1. The van der Waals surface area contributed by atoms with Crippen LogP contribution in [0.4, 0.5) is 14.5 Å². The van der Waals surface area contributed by atoms with E-state index in [1.807, 2.05) is 14.0 Å². The molecule has 1 atom stereocenters. The van der Waals surface area contributed by atoms with Crippen LogP contribution in [-0.4, -0.2) is 48.4 Å². The first-order valence-electron chi connectivity index (χ1n) is 6.68. The van der Waals surface area contributed by atoms with Gasteiger partial charge in [-0.15, -0.1) is 0 Å². The zero-order valence-corrected chi connectivity index (χ0v) is 11.7. The maximum atomic E-state index is 13.9. The molecule has 0 aliphatic carbocycles. The maximum Gasteiger partial charge on any atom is 0.260 e. The van der Waals surface area contributed by atoms with Gasteiger partial charge in [-0.05, 0) is 25.6 Å². The van der Waals surface area contributed by atoms with Gasteiger partial charge in [0, 0.05) is 25.7 Å². The lowest BCUT2D eigenvalue weighted by Gasteiger charge is -2.39. The minimum absolute atomic E-state index is 0.208. The molecule has 0 spiro atoms. The summed E-state index contributed by atoms with van der Waals surface area (Å²) in [7, 11) is 1.98. The van der Waals surface area contributed by atoms with E-state index >= 15 is 0 Å². The molecule has 0 saturated carbocycles. The van der Waals surface area contributed by atoms with Crippen molar-refractivity contribution in [3.8, 4) is 0 Å². The largest absolute Gasteiger partial charge is 0.396 e. The Kier molecular flexibility index (Phi) is 4.23. The number of hydrogen-bond acceptors (Lipinski definition) is 3. The molecule has 1 aromatic rings. The Balaban J connectivity index is 2.26. The van der Waals surface area contributed by atoms with Gasteiger partial charge in [-0.3, -0.25) is 9.69 Å². The van der Waals surface area contributed by atoms with Crippen LogP contribution in [0.3, 0.4) is 0 Å². The van der Waals surface area contributed by atoms with Gasteiger partial charge in [0.05, 0.1) is 5.69 Å². The molecule has 0 aromatic heterocycles. The fraction of sp³-hybridized carbons (Fsp3) is 0.500. The van der Waals surface area contributed by atoms with Gasteiger partial charge in [0.25, 0.3) is 5.91 Å². The minimum Gasteiger partial charge on any atom is -0.396 e. The van der Waals surface area contributed by atoms with E-state index in [0.717, 1.165) is 18.6 Å². The molecular formula is C14H19F2N3O. The fourth-order valence-electron chi connectivity index (χ4n) is 2.49. The number of carbonyl (C=O) groups excluding carboxylic acids is 1. The monoisotopic (exact) mass is 283 g/mol. The van der Waals surface area contributed by atoms with Crippen molar-refractivity contribution >= 4 is 11.6 Å². The Morgan fingerprint density at radius 2 is 2.10 bits per heavy atom. The Morgan fingerprint density at radius 3 is 2.75 bits per heavy atom. The standard InChI is InChI=1S/C14H19F2N3O/c1-3-9-8-19(7-6-18(9)2)14(20)12-10(15)4-5-11(17)13(12)16/h4-5,9H,3,6-8,17H2,1-2H3. The smallest absolute Gasteiger partial charge is 0.260 e. The van der Waals surface area contributed by atoms with Gasteiger partial charge >= 0.3 is 0 Å². The van der Waals surface area contributed by atoms with E-state index in [1.54, 1.807) is 0 Å². The molecule has 0 radical (unpaired) electrons. The van der Waals surface area contributed by atoms with Crippen LogP contribution in [0.2, 0.25) is 0 Å². The maximum absolute atomic E-state index is 13.9. The van der Waals surface area contributed by atoms with Gasteiger partial charge in [0.2, 0.25) is 0 Å². The van der Waals surface area contributed by atoms with Crippen LogP contribution in [0.5, 0.6) is 0 Å². The van der Waals surface area contributed by atoms with E-state index in [4.69, 9.17) is 5.73 Å². The zero-order chi connectivity index (χ0) is 14.9. The minimum atomic E-state index is -0.970. The molecule has 0 bridgehead atoms. The number of halogens is 2. The van der Waals surface area contributed by atoms with Crippen molar-refractivity contribution in [3.63, 3.8) is 0 Å². The SMILES string of the molecule is CCC1CN(C(=O)c2c(F)ccc(N)c2F)CCN1C. The van der Waals surface area contributed by atoms with Crippen LogP contribution in [-0.2, 0) is 0 Å². The van der Waals surface area contributed by atoms with Crippen LogP contribution >= 0.6 is 0 Å². The molecule has 2 rings (SSSR count). The van der Waals surface area contributed by atoms with Crippen LogP contribution < -0.4 is 5.73 Å². The summed E-state index contributed by atoms with van der Waals surface area (Å²) in [6, 6.07) is 2.36. The summed E-state index contributed by atoms with van der Waals surface area (Å²) in [5.74, 6) is -2.46. The molecule has 6 heteroatoms. The molecule has 1 amide bonds. The third-order valence-electron chi connectivity index (χ3n) is 3.87. The number of carbonyl (C=O) groups is 1. The lowest BCUT2D eigenvalue weighted by Crippen LogP contribution is -2.53. The predicted molar refractivity (Wildman–Crippen MR) is 73.4 cm³/mol. The van der Waals surface area contributed by atoms with Crippen molar-refractivity contribution in [1.29, 1.82) is 0 Å². The Bertz CT molecular complexity index is 521. The van der Waals surface area contributed by atoms with Crippen LogP contribution in [0.15, 0.2) is 12.1 Å². The summed E-state index contributed by atoms with van der Waals surface area (Å²) < 4.78 is 27.6. The van der Waals surface area contributed by atoms with Gasteiger partial charge in [-0.25, -0.2) is 8.78 Å². The first-order chi connectivity index (χ1) is 9.45. The lowest BCUT2D eigenvalue weighted by molar-refractivity contribution is 0.0533. The van der Waals surface area contributed by atoms with E-state index in [0.29, 0.717) is 19.6 Å². The number of anilines is 1. The summed E-state index contributed by atoms with van der Waals surface area (Å²) in [4.78, 5) is 16.0. The number of benzene rings is 1. The average molecular weight is 283 g/mol. The number of nitrogens with zero attached hydrogens (tertiary/aromatic N) is 2. The number of likely N-dealkylation sites (N-methyl/N-ethyl adjacent to an activating group) is 1. The molecule has 110 valence electrons. The van der Waals surface area contributed by atoms with E-state index in [2.05, 4.69) is 4.90 Å². The molecule has 2 N–H and O–H groups in total. The molecule has 1 fully saturated rings. The van der Waals surface area contributed by atoms with Crippen molar-refractivity contribution in [1.82, 2.24) is 9.80 Å². The fourth-order valence-corrected chi connectivity index (χ4v) is 2.49. The quantitative estimate of drug-likeness (QED) is 0.841. The van der Waals surface area contributed by atoms with Gasteiger partial charge in [-0.2, -0.15) is 0 Å². The zero-order valence-electron chi connectivity index (χ0n) is 11.7. The first-order valence-corrected chi connectivity index (χ1v) is 6.68. The first kappa shape index (κ1) is 14.7. The van der Waals surface area contributed by atoms with Crippen molar-refractivity contribution in [3.05, 3.63) is 29.3 Å². The molecule has 4 nitrogen and oxygen atoms in total. The Labute approximate surface area is 117 Å². The molecule has 1 aliphatic heterocycles. The molecule has 1 unspecified atom stereocenters.